The van der Waals surface area contributed by atoms with Crippen molar-refractivity contribution in [3.8, 4) is 5.75 Å². The third-order valence-electron chi connectivity index (χ3n) is 1.87. The van der Waals surface area contributed by atoms with Gasteiger partial charge < -0.3 is 9.47 Å². The minimum atomic E-state index is -0.338. The van der Waals surface area contributed by atoms with Crippen LogP contribution in [0.1, 0.15) is 12.5 Å². The van der Waals surface area contributed by atoms with Crippen molar-refractivity contribution < 1.29 is 14.3 Å². The first-order chi connectivity index (χ1) is 7.67. The zero-order chi connectivity index (χ0) is 12.0. The average molecular weight is 285 g/mol. The molecular weight excluding hydrogens is 272 g/mol. The molecule has 0 amide bonds. The molecule has 0 radical (unpaired) electrons. The number of benzene rings is 1. The van der Waals surface area contributed by atoms with E-state index in [1.807, 2.05) is 18.2 Å². The van der Waals surface area contributed by atoms with E-state index in [1.165, 1.54) is 6.08 Å². The Hall–Kier alpha value is -1.29. The van der Waals surface area contributed by atoms with Gasteiger partial charge in [-0.2, -0.15) is 0 Å². The van der Waals surface area contributed by atoms with Crippen LogP contribution in [-0.4, -0.2) is 19.7 Å². The van der Waals surface area contributed by atoms with Crippen molar-refractivity contribution in [1.82, 2.24) is 0 Å². The highest BCUT2D eigenvalue weighted by molar-refractivity contribution is 9.10. The largest absolute Gasteiger partial charge is 0.496 e. The number of ether oxygens (including phenoxy) is 2. The highest BCUT2D eigenvalue weighted by Gasteiger charge is 2.00. The van der Waals surface area contributed by atoms with Crippen LogP contribution in [0.2, 0.25) is 0 Å². The number of methoxy groups -OCH3 is 1. The molecule has 1 aromatic carbocycles. The maximum Gasteiger partial charge on any atom is 0.330 e. The van der Waals surface area contributed by atoms with Gasteiger partial charge >= 0.3 is 5.97 Å². The average Bonchev–Trinajstić information content (AvgIpc) is 2.27. The first kappa shape index (κ1) is 12.8. The summed E-state index contributed by atoms with van der Waals surface area (Å²) in [7, 11) is 1.61. The van der Waals surface area contributed by atoms with Crippen molar-refractivity contribution in [2.24, 2.45) is 0 Å². The zero-order valence-electron chi connectivity index (χ0n) is 9.20. The Morgan fingerprint density at radius 1 is 1.50 bits per heavy atom. The summed E-state index contributed by atoms with van der Waals surface area (Å²) in [6.45, 7) is 2.16. The lowest BCUT2D eigenvalue weighted by molar-refractivity contribution is -0.137. The van der Waals surface area contributed by atoms with Crippen LogP contribution in [0.4, 0.5) is 0 Å². The van der Waals surface area contributed by atoms with Gasteiger partial charge in [-0.05, 0) is 46.6 Å². The summed E-state index contributed by atoms with van der Waals surface area (Å²) in [5.41, 5.74) is 0.903. The normalized spacial score (nSPS) is 10.4. The lowest BCUT2D eigenvalue weighted by Crippen LogP contribution is -1.98. The summed E-state index contributed by atoms with van der Waals surface area (Å²) in [6, 6.07) is 5.56. The highest BCUT2D eigenvalue weighted by Crippen LogP contribution is 2.25. The molecule has 86 valence electrons. The van der Waals surface area contributed by atoms with Gasteiger partial charge in [0.15, 0.2) is 0 Å². The predicted octanol–water partition coefficient (Wildman–Crippen LogP) is 3.03. The molecule has 0 heterocycles. The molecule has 0 saturated heterocycles. The Balaban J connectivity index is 2.75. The molecule has 0 atom stereocenters. The second-order valence-corrected chi connectivity index (χ2v) is 3.83. The number of carbonyl (C=O) groups is 1. The van der Waals surface area contributed by atoms with Gasteiger partial charge in [0.1, 0.15) is 5.75 Å². The van der Waals surface area contributed by atoms with Gasteiger partial charge in [0.2, 0.25) is 0 Å². The molecule has 0 saturated carbocycles. The molecule has 0 aliphatic heterocycles. The van der Waals surface area contributed by atoms with Gasteiger partial charge in [0, 0.05) is 6.08 Å². The topological polar surface area (TPSA) is 35.5 Å². The molecule has 0 aromatic heterocycles. The molecular formula is C12H13BrO3. The van der Waals surface area contributed by atoms with Gasteiger partial charge in [0.25, 0.3) is 0 Å². The molecule has 0 fully saturated rings. The van der Waals surface area contributed by atoms with E-state index in [9.17, 15) is 4.79 Å². The third kappa shape index (κ3) is 3.70. The van der Waals surface area contributed by atoms with Crippen LogP contribution in [0.5, 0.6) is 5.75 Å². The Morgan fingerprint density at radius 3 is 2.81 bits per heavy atom. The van der Waals surface area contributed by atoms with E-state index < -0.39 is 0 Å². The summed E-state index contributed by atoms with van der Waals surface area (Å²) in [5.74, 6) is 0.419. The molecule has 0 aliphatic carbocycles. The highest BCUT2D eigenvalue weighted by atomic mass is 79.9. The maximum absolute atomic E-state index is 11.1. The summed E-state index contributed by atoms with van der Waals surface area (Å²) < 4.78 is 10.7. The molecule has 16 heavy (non-hydrogen) atoms. The van der Waals surface area contributed by atoms with Gasteiger partial charge in [-0.15, -0.1) is 0 Å². The minimum Gasteiger partial charge on any atom is -0.496 e. The summed E-state index contributed by atoms with van der Waals surface area (Å²) in [4.78, 5) is 11.1. The van der Waals surface area contributed by atoms with E-state index >= 15 is 0 Å². The number of rotatable bonds is 4. The SMILES string of the molecule is CCOC(=O)/C=C/c1ccc(OC)c(Br)c1. The van der Waals surface area contributed by atoms with Gasteiger partial charge in [-0.1, -0.05) is 6.07 Å². The molecule has 0 bridgehead atoms. The first-order valence-corrected chi connectivity index (χ1v) is 5.65. The van der Waals surface area contributed by atoms with E-state index in [1.54, 1.807) is 20.1 Å². The summed E-state index contributed by atoms with van der Waals surface area (Å²) in [5, 5.41) is 0. The van der Waals surface area contributed by atoms with E-state index in [-0.39, 0.29) is 5.97 Å². The van der Waals surface area contributed by atoms with Crippen molar-refractivity contribution in [1.29, 1.82) is 0 Å². The number of hydrogen-bond acceptors (Lipinski definition) is 3. The number of carbonyl (C=O) groups excluding carboxylic acids is 1. The van der Waals surface area contributed by atoms with Crippen LogP contribution in [0.25, 0.3) is 6.08 Å². The van der Waals surface area contributed by atoms with Crippen LogP contribution in [0.15, 0.2) is 28.7 Å². The standard InChI is InChI=1S/C12H13BrO3/c1-3-16-12(14)7-5-9-4-6-11(15-2)10(13)8-9/h4-8H,3H2,1-2H3/b7-5+. The molecule has 3 nitrogen and oxygen atoms in total. The fourth-order valence-corrected chi connectivity index (χ4v) is 1.70. The van der Waals surface area contributed by atoms with Crippen molar-refractivity contribution >= 4 is 28.0 Å². The number of esters is 1. The maximum atomic E-state index is 11.1. The van der Waals surface area contributed by atoms with Crippen molar-refractivity contribution in [3.63, 3.8) is 0 Å². The summed E-state index contributed by atoms with van der Waals surface area (Å²) in [6.07, 6.45) is 3.10. The molecule has 0 spiro atoms. The Kier molecular flexibility index (Phi) is 5.05. The molecule has 1 rings (SSSR count). The number of halogens is 1. The fraction of sp³-hybridized carbons (Fsp3) is 0.250. The van der Waals surface area contributed by atoms with Gasteiger partial charge in [-0.25, -0.2) is 4.79 Å². The Bertz CT molecular complexity index is 399. The molecule has 0 N–H and O–H groups in total. The fourth-order valence-electron chi connectivity index (χ4n) is 1.14. The zero-order valence-corrected chi connectivity index (χ0v) is 10.8. The second kappa shape index (κ2) is 6.33. The molecule has 0 unspecified atom stereocenters. The molecule has 4 heteroatoms. The predicted molar refractivity (Wildman–Crippen MR) is 66.4 cm³/mol. The molecule has 0 aliphatic rings. The van der Waals surface area contributed by atoms with Gasteiger partial charge in [0.05, 0.1) is 18.2 Å². The number of hydrogen-bond donors (Lipinski definition) is 0. The van der Waals surface area contributed by atoms with Crippen molar-refractivity contribution in [3.05, 3.63) is 34.3 Å². The van der Waals surface area contributed by atoms with Crippen LogP contribution in [0, 0.1) is 0 Å². The summed E-state index contributed by atoms with van der Waals surface area (Å²) >= 11 is 3.37. The lowest BCUT2D eigenvalue weighted by atomic mass is 10.2. The van der Waals surface area contributed by atoms with Gasteiger partial charge in [-0.3, -0.25) is 0 Å². The van der Waals surface area contributed by atoms with Crippen molar-refractivity contribution in [2.75, 3.05) is 13.7 Å². The third-order valence-corrected chi connectivity index (χ3v) is 2.49. The Morgan fingerprint density at radius 2 is 2.25 bits per heavy atom. The van der Waals surface area contributed by atoms with Crippen molar-refractivity contribution in [2.45, 2.75) is 6.92 Å². The second-order valence-electron chi connectivity index (χ2n) is 2.98. The van der Waals surface area contributed by atoms with E-state index in [0.717, 1.165) is 15.8 Å². The Labute approximate surface area is 103 Å². The van der Waals surface area contributed by atoms with E-state index in [0.29, 0.717) is 6.61 Å². The lowest BCUT2D eigenvalue weighted by Gasteiger charge is -2.03. The smallest absolute Gasteiger partial charge is 0.330 e. The van der Waals surface area contributed by atoms with Crippen LogP contribution in [0.3, 0.4) is 0 Å². The van der Waals surface area contributed by atoms with E-state index in [2.05, 4.69) is 15.9 Å². The van der Waals surface area contributed by atoms with Crippen LogP contribution in [-0.2, 0) is 9.53 Å². The quantitative estimate of drug-likeness (QED) is 0.630. The van der Waals surface area contributed by atoms with E-state index in [4.69, 9.17) is 9.47 Å². The van der Waals surface area contributed by atoms with Crippen LogP contribution < -0.4 is 4.74 Å². The van der Waals surface area contributed by atoms with Crippen LogP contribution >= 0.6 is 15.9 Å². The molecule has 1 aromatic rings. The first-order valence-electron chi connectivity index (χ1n) is 4.85. The monoisotopic (exact) mass is 284 g/mol. The minimum absolute atomic E-state index is 0.338.